The molecule has 2 aromatic carbocycles. The van der Waals surface area contributed by atoms with Crippen LogP contribution >= 0.6 is 45.2 Å². The van der Waals surface area contributed by atoms with Gasteiger partial charge in [-0.1, -0.05) is 24.3 Å². The van der Waals surface area contributed by atoms with Crippen molar-refractivity contribution in [2.45, 2.75) is 17.8 Å². The van der Waals surface area contributed by atoms with Gasteiger partial charge in [-0.15, -0.1) is 0 Å². The molecule has 0 aliphatic heterocycles. The van der Waals surface area contributed by atoms with Gasteiger partial charge < -0.3 is 4.55 Å². The smallest absolute Gasteiger partial charge is 0.741 e. The molecule has 0 spiro atoms. The molecular formula is C27H22AgF3I2N8O3S. The summed E-state index contributed by atoms with van der Waals surface area (Å²) < 4.78 is 68.9. The zero-order valence-electron chi connectivity index (χ0n) is 22.6. The molecule has 0 saturated carbocycles. The van der Waals surface area contributed by atoms with Crippen LogP contribution in [0.1, 0.15) is 23.5 Å². The Balaban J connectivity index is 0.000000196. The number of halogens is 5. The first-order valence-electron chi connectivity index (χ1n) is 12.4. The monoisotopic (exact) mass is 956 g/mol. The molecule has 45 heavy (non-hydrogen) atoms. The summed E-state index contributed by atoms with van der Waals surface area (Å²) in [6, 6.07) is 24.4. The van der Waals surface area contributed by atoms with Gasteiger partial charge >= 0.3 is 27.9 Å². The summed E-state index contributed by atoms with van der Waals surface area (Å²) in [5.74, 6) is 0. The molecule has 0 radical (unpaired) electrons. The van der Waals surface area contributed by atoms with E-state index in [4.69, 9.17) is 13.0 Å². The quantitative estimate of drug-likeness (QED) is 0.0920. The number of alkyl halides is 3. The number of benzene rings is 2. The predicted octanol–water partition coefficient (Wildman–Crippen LogP) is 5.61. The van der Waals surface area contributed by atoms with Gasteiger partial charge in [0.2, 0.25) is 0 Å². The molecule has 0 aliphatic carbocycles. The maximum Gasteiger partial charge on any atom is 1.00 e. The van der Waals surface area contributed by atoms with Crippen LogP contribution in [0.2, 0.25) is 0 Å². The van der Waals surface area contributed by atoms with Crippen LogP contribution in [0.15, 0.2) is 122 Å². The minimum absolute atomic E-state index is 0. The Morgan fingerprint density at radius 3 is 1.11 bits per heavy atom. The van der Waals surface area contributed by atoms with E-state index in [2.05, 4.69) is 114 Å². The second kappa shape index (κ2) is 16.7. The summed E-state index contributed by atoms with van der Waals surface area (Å²) in [4.78, 5) is 0. The average molecular weight is 957 g/mol. The average Bonchev–Trinajstić information content (AvgIpc) is 3.79. The Hall–Kier alpha value is -2.82. The van der Waals surface area contributed by atoms with Crippen molar-refractivity contribution in [3.05, 3.63) is 141 Å². The number of aromatic nitrogens is 8. The zero-order chi connectivity index (χ0) is 31.7. The van der Waals surface area contributed by atoms with Gasteiger partial charge in [0.1, 0.15) is 0 Å². The van der Waals surface area contributed by atoms with Crippen molar-refractivity contribution in [3.63, 3.8) is 0 Å². The third-order valence-electron chi connectivity index (χ3n) is 5.68. The van der Waals surface area contributed by atoms with Crippen molar-refractivity contribution in [1.82, 2.24) is 39.1 Å². The zero-order valence-corrected chi connectivity index (χ0v) is 29.2. The van der Waals surface area contributed by atoms with Gasteiger partial charge in [0.25, 0.3) is 0 Å². The topological polar surface area (TPSA) is 128 Å². The maximum atomic E-state index is 10.7. The molecule has 11 nitrogen and oxygen atoms in total. The number of rotatable bonds is 6. The van der Waals surface area contributed by atoms with E-state index < -0.39 is 15.6 Å². The number of hydrogen-bond acceptors (Lipinski definition) is 7. The summed E-state index contributed by atoms with van der Waals surface area (Å²) in [5.41, 5.74) is -3.32. The molecule has 18 heteroatoms. The second-order valence-electron chi connectivity index (χ2n) is 8.70. The summed E-state index contributed by atoms with van der Waals surface area (Å²) >= 11 is 4.63. The molecule has 0 N–H and O–H groups in total. The Bertz CT molecular complexity index is 1640. The molecule has 0 bridgehead atoms. The molecule has 0 saturated heterocycles. The Labute approximate surface area is 299 Å². The van der Waals surface area contributed by atoms with Crippen LogP contribution in [0.25, 0.3) is 0 Å². The minimum atomic E-state index is -6.09. The SMILES string of the molecule is Ic1cccc(C(n2cccn2)n2cccn2)c1.Ic1cccc(C(n2cccn2)n2cccn2)c1.O=S(=O)([O-])C(F)(F)F.[Ag+]. The number of hydrogen-bond donors (Lipinski definition) is 0. The molecule has 4 heterocycles. The van der Waals surface area contributed by atoms with Gasteiger partial charge in [0, 0.05) is 56.7 Å². The van der Waals surface area contributed by atoms with Crippen LogP contribution in [0.5, 0.6) is 0 Å². The maximum absolute atomic E-state index is 10.7. The van der Waals surface area contributed by atoms with Crippen LogP contribution in [0.4, 0.5) is 13.2 Å². The van der Waals surface area contributed by atoms with Crippen LogP contribution in [-0.2, 0) is 32.5 Å². The van der Waals surface area contributed by atoms with E-state index in [-0.39, 0.29) is 34.7 Å². The summed E-state index contributed by atoms with van der Waals surface area (Å²) in [6.07, 6.45) is 14.9. The minimum Gasteiger partial charge on any atom is -0.741 e. The summed E-state index contributed by atoms with van der Waals surface area (Å²) in [7, 11) is -6.09. The Kier molecular flexibility index (Phi) is 13.6. The van der Waals surface area contributed by atoms with E-state index in [0.29, 0.717) is 0 Å². The van der Waals surface area contributed by atoms with Crippen molar-refractivity contribution in [1.29, 1.82) is 0 Å². The van der Waals surface area contributed by atoms with Gasteiger partial charge in [-0.25, -0.2) is 27.1 Å². The molecule has 0 unspecified atom stereocenters. The standard InChI is InChI=1S/2C13H11IN4.CHF3O3S.Ag/c2*14-12-5-1-4-11(10-12)13(17-8-2-6-15-17)18-9-3-7-16-18;2-1(3,4)8(5,6)7;/h2*1-10,13H;(H,5,6,7);/q;;;+1/p-1. The van der Waals surface area contributed by atoms with Crippen molar-refractivity contribution >= 4 is 55.3 Å². The van der Waals surface area contributed by atoms with Gasteiger partial charge in [-0.3, -0.25) is 0 Å². The third kappa shape index (κ3) is 10.3. The van der Waals surface area contributed by atoms with Crippen LogP contribution < -0.4 is 0 Å². The fourth-order valence-corrected chi connectivity index (χ4v) is 5.02. The van der Waals surface area contributed by atoms with E-state index in [1.54, 1.807) is 24.8 Å². The first kappa shape index (κ1) is 36.6. The van der Waals surface area contributed by atoms with Crippen molar-refractivity contribution in [3.8, 4) is 0 Å². The second-order valence-corrected chi connectivity index (χ2v) is 12.6. The largest absolute Gasteiger partial charge is 1.00 e. The molecular weight excluding hydrogens is 935 g/mol. The fraction of sp³-hybridized carbons (Fsp3) is 0.111. The van der Waals surface area contributed by atoms with Gasteiger partial charge in [-0.05, 0) is 105 Å². The fourth-order valence-electron chi connectivity index (χ4n) is 3.89. The summed E-state index contributed by atoms with van der Waals surface area (Å²) in [6.45, 7) is 0. The van der Waals surface area contributed by atoms with E-state index in [1.807, 2.05) is 67.8 Å². The van der Waals surface area contributed by atoms with Crippen molar-refractivity contribution < 1.29 is 48.5 Å². The van der Waals surface area contributed by atoms with Crippen LogP contribution in [0, 0.1) is 7.14 Å². The molecule has 6 aromatic rings. The van der Waals surface area contributed by atoms with Crippen LogP contribution in [-0.4, -0.2) is 57.6 Å². The van der Waals surface area contributed by atoms with Gasteiger partial charge in [0.05, 0.1) is 0 Å². The third-order valence-corrected chi connectivity index (χ3v) is 7.59. The van der Waals surface area contributed by atoms with Crippen LogP contribution in [0.3, 0.4) is 0 Å². The summed E-state index contributed by atoms with van der Waals surface area (Å²) in [5, 5.41) is 17.3. The van der Waals surface area contributed by atoms with E-state index in [0.717, 1.165) is 11.1 Å². The first-order valence-corrected chi connectivity index (χ1v) is 16.0. The molecule has 0 atom stereocenters. The Morgan fingerprint density at radius 1 is 0.622 bits per heavy atom. The molecule has 0 aliphatic rings. The predicted molar refractivity (Wildman–Crippen MR) is 170 cm³/mol. The van der Waals surface area contributed by atoms with Gasteiger partial charge in [-0.2, -0.15) is 33.6 Å². The molecule has 0 fully saturated rings. The van der Waals surface area contributed by atoms with E-state index in [9.17, 15) is 13.2 Å². The Morgan fingerprint density at radius 2 is 0.911 bits per heavy atom. The first-order chi connectivity index (χ1) is 20.9. The molecule has 0 amide bonds. The van der Waals surface area contributed by atoms with Crippen molar-refractivity contribution in [2.75, 3.05) is 0 Å². The van der Waals surface area contributed by atoms with Crippen molar-refractivity contribution in [2.24, 2.45) is 0 Å². The van der Waals surface area contributed by atoms with Gasteiger partial charge in [0.15, 0.2) is 22.4 Å². The van der Waals surface area contributed by atoms with E-state index in [1.165, 1.54) is 7.14 Å². The van der Waals surface area contributed by atoms with E-state index >= 15 is 0 Å². The molecule has 4 aromatic heterocycles. The molecule has 240 valence electrons. The number of nitrogens with zero attached hydrogens (tertiary/aromatic N) is 8. The normalized spacial score (nSPS) is 11.3. The molecule has 6 rings (SSSR count).